The van der Waals surface area contributed by atoms with Crippen LogP contribution in [0.5, 0.6) is 0 Å². The molecule has 0 aliphatic heterocycles. The first-order valence-corrected chi connectivity index (χ1v) is 5.13. The van der Waals surface area contributed by atoms with Gasteiger partial charge in [-0.1, -0.05) is 13.8 Å². The fraction of sp³-hybridized carbons (Fsp3) is 0.700. The monoisotopic (exact) mass is 235 g/mol. The highest BCUT2D eigenvalue weighted by atomic mass is 19.4. The molecule has 0 radical (unpaired) electrons. The van der Waals surface area contributed by atoms with Crippen LogP contribution in [0.2, 0.25) is 0 Å². The van der Waals surface area contributed by atoms with Gasteiger partial charge in [-0.2, -0.15) is 18.3 Å². The van der Waals surface area contributed by atoms with Gasteiger partial charge in [0.1, 0.15) is 0 Å². The van der Waals surface area contributed by atoms with Crippen molar-refractivity contribution in [3.05, 3.63) is 18.0 Å². The Balaban J connectivity index is 2.90. The summed E-state index contributed by atoms with van der Waals surface area (Å²) in [7, 11) is 1.77. The zero-order chi connectivity index (χ0) is 12.3. The molecule has 0 aliphatic rings. The Hall–Kier alpha value is -1.04. The van der Waals surface area contributed by atoms with E-state index in [-0.39, 0.29) is 12.0 Å². The molecule has 0 spiro atoms. The standard InChI is InChI=1S/C10H16F3N3/c1-7(2)8(6-14-3)16-5-4-9(15-16)10(11,12)13/h4-5,7-8,14H,6H2,1-3H3. The summed E-state index contributed by atoms with van der Waals surface area (Å²) in [5.74, 6) is 0.216. The first-order valence-electron chi connectivity index (χ1n) is 5.13. The number of alkyl halides is 3. The third-order valence-electron chi connectivity index (χ3n) is 2.42. The normalized spacial score (nSPS) is 14.4. The van der Waals surface area contributed by atoms with Crippen LogP contribution < -0.4 is 5.32 Å². The van der Waals surface area contributed by atoms with Crippen LogP contribution in [-0.2, 0) is 6.18 Å². The van der Waals surface area contributed by atoms with Gasteiger partial charge < -0.3 is 5.32 Å². The smallest absolute Gasteiger partial charge is 0.318 e. The lowest BCUT2D eigenvalue weighted by molar-refractivity contribution is -0.141. The number of rotatable bonds is 4. The summed E-state index contributed by atoms with van der Waals surface area (Å²) in [5.41, 5.74) is -0.839. The molecule has 1 heterocycles. The van der Waals surface area contributed by atoms with Crippen LogP contribution in [0.3, 0.4) is 0 Å². The molecule has 3 nitrogen and oxygen atoms in total. The molecule has 0 aliphatic carbocycles. The van der Waals surface area contributed by atoms with E-state index in [1.54, 1.807) is 7.05 Å². The van der Waals surface area contributed by atoms with Gasteiger partial charge in [-0.3, -0.25) is 4.68 Å². The Labute approximate surface area is 92.6 Å². The van der Waals surface area contributed by atoms with Crippen LogP contribution in [-0.4, -0.2) is 23.4 Å². The molecule has 16 heavy (non-hydrogen) atoms. The highest BCUT2D eigenvalue weighted by molar-refractivity contribution is 5.04. The van der Waals surface area contributed by atoms with Gasteiger partial charge in [-0.15, -0.1) is 0 Å². The van der Waals surface area contributed by atoms with Crippen LogP contribution in [0.1, 0.15) is 25.6 Å². The summed E-state index contributed by atoms with van der Waals surface area (Å²) in [4.78, 5) is 0. The third kappa shape index (κ3) is 2.98. The lowest BCUT2D eigenvalue weighted by Gasteiger charge is -2.21. The molecule has 92 valence electrons. The van der Waals surface area contributed by atoms with Crippen molar-refractivity contribution in [2.24, 2.45) is 5.92 Å². The molecule has 1 rings (SSSR count). The highest BCUT2D eigenvalue weighted by Crippen LogP contribution is 2.28. The van der Waals surface area contributed by atoms with E-state index < -0.39 is 11.9 Å². The van der Waals surface area contributed by atoms with Crippen molar-refractivity contribution < 1.29 is 13.2 Å². The first kappa shape index (κ1) is 13.0. The molecule has 1 aromatic rings. The molecule has 0 saturated carbocycles. The van der Waals surface area contributed by atoms with Gasteiger partial charge in [0, 0.05) is 12.7 Å². The fourth-order valence-electron chi connectivity index (χ4n) is 1.52. The molecule has 6 heteroatoms. The minimum atomic E-state index is -4.37. The molecule has 0 amide bonds. The SMILES string of the molecule is CNCC(C(C)C)n1ccc(C(F)(F)F)n1. The molecule has 0 saturated heterocycles. The maximum atomic E-state index is 12.4. The summed E-state index contributed by atoms with van der Waals surface area (Å²) in [6.07, 6.45) is -2.99. The van der Waals surface area contributed by atoms with Crippen LogP contribution in [0, 0.1) is 5.92 Å². The van der Waals surface area contributed by atoms with Crippen molar-refractivity contribution in [3.8, 4) is 0 Å². The Bertz CT molecular complexity index is 330. The van der Waals surface area contributed by atoms with E-state index in [9.17, 15) is 13.2 Å². The van der Waals surface area contributed by atoms with Crippen molar-refractivity contribution in [2.75, 3.05) is 13.6 Å². The summed E-state index contributed by atoms with van der Waals surface area (Å²) in [5, 5.41) is 6.53. The van der Waals surface area contributed by atoms with Crippen LogP contribution in [0.4, 0.5) is 13.2 Å². The van der Waals surface area contributed by atoms with Crippen molar-refractivity contribution >= 4 is 0 Å². The number of halogens is 3. The molecule has 1 N–H and O–H groups in total. The van der Waals surface area contributed by atoms with E-state index in [0.29, 0.717) is 6.54 Å². The maximum absolute atomic E-state index is 12.4. The molecule has 0 fully saturated rings. The number of nitrogens with zero attached hydrogens (tertiary/aromatic N) is 2. The summed E-state index contributed by atoms with van der Waals surface area (Å²) < 4.78 is 38.5. The van der Waals surface area contributed by atoms with Gasteiger partial charge in [0.15, 0.2) is 5.69 Å². The maximum Gasteiger partial charge on any atom is 0.435 e. The molecule has 1 atom stereocenters. The van der Waals surface area contributed by atoms with Gasteiger partial charge in [-0.05, 0) is 19.0 Å². The van der Waals surface area contributed by atoms with E-state index in [0.717, 1.165) is 6.07 Å². The van der Waals surface area contributed by atoms with Crippen molar-refractivity contribution in [3.63, 3.8) is 0 Å². The average molecular weight is 235 g/mol. The minimum absolute atomic E-state index is 0.0684. The molecular weight excluding hydrogens is 219 g/mol. The largest absolute Gasteiger partial charge is 0.435 e. The third-order valence-corrected chi connectivity index (χ3v) is 2.42. The summed E-state index contributed by atoms with van der Waals surface area (Å²) >= 11 is 0. The lowest BCUT2D eigenvalue weighted by Crippen LogP contribution is -2.27. The summed E-state index contributed by atoms with van der Waals surface area (Å²) in [6.45, 7) is 4.50. The second-order valence-electron chi connectivity index (χ2n) is 4.05. The molecule has 1 aromatic heterocycles. The Kier molecular flexibility index (Phi) is 3.96. The number of likely N-dealkylation sites (N-methyl/N-ethyl adjacent to an activating group) is 1. The quantitative estimate of drug-likeness (QED) is 0.868. The second-order valence-corrected chi connectivity index (χ2v) is 4.05. The zero-order valence-electron chi connectivity index (χ0n) is 9.54. The number of nitrogens with one attached hydrogen (secondary N) is 1. The number of hydrogen-bond acceptors (Lipinski definition) is 2. The Morgan fingerprint density at radius 3 is 2.44 bits per heavy atom. The van der Waals surface area contributed by atoms with Gasteiger partial charge in [-0.25, -0.2) is 0 Å². The van der Waals surface area contributed by atoms with Gasteiger partial charge in [0.05, 0.1) is 6.04 Å². The summed E-state index contributed by atoms with van der Waals surface area (Å²) in [6, 6.07) is 0.937. The van der Waals surface area contributed by atoms with Crippen LogP contribution in [0.25, 0.3) is 0 Å². The Morgan fingerprint density at radius 1 is 1.44 bits per heavy atom. The van der Waals surface area contributed by atoms with E-state index in [1.807, 2.05) is 13.8 Å². The number of hydrogen-bond donors (Lipinski definition) is 1. The average Bonchev–Trinajstić information content (AvgIpc) is 2.61. The van der Waals surface area contributed by atoms with Gasteiger partial charge >= 0.3 is 6.18 Å². The topological polar surface area (TPSA) is 29.9 Å². The number of aromatic nitrogens is 2. The van der Waals surface area contributed by atoms with Crippen LogP contribution >= 0.6 is 0 Å². The first-order chi connectivity index (χ1) is 7.36. The lowest BCUT2D eigenvalue weighted by atomic mass is 10.1. The zero-order valence-corrected chi connectivity index (χ0v) is 9.54. The highest BCUT2D eigenvalue weighted by Gasteiger charge is 2.34. The molecular formula is C10H16F3N3. The van der Waals surface area contributed by atoms with Crippen molar-refractivity contribution in [1.82, 2.24) is 15.1 Å². The predicted molar refractivity (Wildman–Crippen MR) is 55.0 cm³/mol. The van der Waals surface area contributed by atoms with Crippen molar-refractivity contribution in [1.29, 1.82) is 0 Å². The van der Waals surface area contributed by atoms with Gasteiger partial charge in [0.25, 0.3) is 0 Å². The van der Waals surface area contributed by atoms with E-state index in [2.05, 4.69) is 10.4 Å². The second kappa shape index (κ2) is 4.86. The van der Waals surface area contributed by atoms with E-state index >= 15 is 0 Å². The van der Waals surface area contributed by atoms with Crippen LogP contribution in [0.15, 0.2) is 12.3 Å². The molecule has 0 aromatic carbocycles. The van der Waals surface area contributed by atoms with Gasteiger partial charge in [0.2, 0.25) is 0 Å². The Morgan fingerprint density at radius 2 is 2.06 bits per heavy atom. The molecule has 0 bridgehead atoms. The van der Waals surface area contributed by atoms with E-state index in [4.69, 9.17) is 0 Å². The molecule has 1 unspecified atom stereocenters. The fourth-order valence-corrected chi connectivity index (χ4v) is 1.52. The van der Waals surface area contributed by atoms with E-state index in [1.165, 1.54) is 10.9 Å². The minimum Gasteiger partial charge on any atom is -0.318 e. The predicted octanol–water partition coefficient (Wildman–Crippen LogP) is 2.32. The van der Waals surface area contributed by atoms with Crippen molar-refractivity contribution in [2.45, 2.75) is 26.1 Å².